The fourth-order valence-corrected chi connectivity index (χ4v) is 2.95. The third-order valence-corrected chi connectivity index (χ3v) is 4.17. The zero-order chi connectivity index (χ0) is 13.1. The minimum atomic E-state index is -0.259. The molecule has 0 amide bonds. The van der Waals surface area contributed by atoms with Gasteiger partial charge in [0.25, 0.3) is 0 Å². The van der Waals surface area contributed by atoms with Crippen LogP contribution in [0, 0.1) is 12.7 Å². The third kappa shape index (κ3) is 2.88. The largest absolute Gasteiger partial charge is 0.312 e. The Bertz CT molecular complexity index is 542. The highest BCUT2D eigenvalue weighted by atomic mass is 35.5. The molecule has 5 heteroatoms. The zero-order valence-electron chi connectivity index (χ0n) is 10.2. The van der Waals surface area contributed by atoms with E-state index in [0.717, 1.165) is 10.6 Å². The van der Waals surface area contributed by atoms with Gasteiger partial charge in [-0.25, -0.2) is 9.37 Å². The molecule has 1 unspecified atom stereocenters. The number of nitrogens with zero attached hydrogens (tertiary/aromatic N) is 1. The second-order valence-corrected chi connectivity index (χ2v) is 5.41. The molecule has 1 heterocycles. The molecule has 0 saturated carbocycles. The highest BCUT2D eigenvalue weighted by Gasteiger charge is 2.16. The SMILES string of the molecule is CNC(Cc1ccc(Cl)cc1F)c1scnc1C. The van der Waals surface area contributed by atoms with E-state index in [1.54, 1.807) is 23.5 Å². The molecular weight excluding hydrogens is 271 g/mol. The Balaban J connectivity index is 2.23. The van der Waals surface area contributed by atoms with Gasteiger partial charge >= 0.3 is 0 Å². The molecular formula is C13H14ClFN2S. The van der Waals surface area contributed by atoms with Crippen LogP contribution in [0.3, 0.4) is 0 Å². The Morgan fingerprint density at radius 3 is 2.83 bits per heavy atom. The first kappa shape index (κ1) is 13.5. The summed E-state index contributed by atoms with van der Waals surface area (Å²) in [6, 6.07) is 4.88. The lowest BCUT2D eigenvalue weighted by atomic mass is 10.0. The summed E-state index contributed by atoms with van der Waals surface area (Å²) in [4.78, 5) is 5.37. The zero-order valence-corrected chi connectivity index (χ0v) is 11.8. The predicted molar refractivity (Wildman–Crippen MR) is 73.8 cm³/mol. The highest BCUT2D eigenvalue weighted by molar-refractivity contribution is 7.09. The molecule has 0 aliphatic heterocycles. The number of hydrogen-bond donors (Lipinski definition) is 1. The van der Waals surface area contributed by atoms with Crippen LogP contribution in [-0.4, -0.2) is 12.0 Å². The Labute approximate surface area is 115 Å². The van der Waals surface area contributed by atoms with Crippen LogP contribution in [0.15, 0.2) is 23.7 Å². The Hall–Kier alpha value is -0.970. The van der Waals surface area contributed by atoms with Gasteiger partial charge in [0, 0.05) is 15.9 Å². The summed E-state index contributed by atoms with van der Waals surface area (Å²) in [6.07, 6.45) is 0.586. The van der Waals surface area contributed by atoms with E-state index in [9.17, 15) is 4.39 Å². The minimum absolute atomic E-state index is 0.0770. The van der Waals surface area contributed by atoms with Gasteiger partial charge in [-0.05, 0) is 38.1 Å². The maximum absolute atomic E-state index is 13.8. The number of halogens is 2. The maximum atomic E-state index is 13.8. The van der Waals surface area contributed by atoms with Gasteiger partial charge in [-0.15, -0.1) is 11.3 Å². The smallest absolute Gasteiger partial charge is 0.127 e. The molecule has 1 aromatic carbocycles. The topological polar surface area (TPSA) is 24.9 Å². The number of nitrogens with one attached hydrogen (secondary N) is 1. The lowest BCUT2D eigenvalue weighted by Gasteiger charge is -2.15. The average molecular weight is 285 g/mol. The normalized spacial score (nSPS) is 12.7. The van der Waals surface area contributed by atoms with Crippen LogP contribution < -0.4 is 5.32 Å². The maximum Gasteiger partial charge on any atom is 0.127 e. The van der Waals surface area contributed by atoms with Crippen molar-refractivity contribution in [3.8, 4) is 0 Å². The standard InChI is InChI=1S/C13H14ClFN2S/c1-8-13(18-7-17-8)12(16-2)5-9-3-4-10(14)6-11(9)15/h3-4,6-7,12,16H,5H2,1-2H3. The van der Waals surface area contributed by atoms with E-state index in [4.69, 9.17) is 11.6 Å². The number of likely N-dealkylation sites (N-methyl/N-ethyl adjacent to an activating group) is 1. The van der Waals surface area contributed by atoms with E-state index >= 15 is 0 Å². The Kier molecular flexibility index (Phi) is 4.32. The molecule has 1 N–H and O–H groups in total. The molecule has 0 aliphatic rings. The second kappa shape index (κ2) is 5.78. The molecule has 0 bridgehead atoms. The molecule has 0 fully saturated rings. The van der Waals surface area contributed by atoms with E-state index < -0.39 is 0 Å². The fourth-order valence-electron chi connectivity index (χ4n) is 1.88. The van der Waals surface area contributed by atoms with Crippen LogP contribution in [0.4, 0.5) is 4.39 Å². The molecule has 0 spiro atoms. The van der Waals surface area contributed by atoms with Gasteiger partial charge in [0.15, 0.2) is 0 Å². The van der Waals surface area contributed by atoms with Gasteiger partial charge in [0.05, 0.1) is 11.2 Å². The first-order valence-corrected chi connectivity index (χ1v) is 6.88. The Morgan fingerprint density at radius 2 is 2.28 bits per heavy atom. The van der Waals surface area contributed by atoms with E-state index in [0.29, 0.717) is 17.0 Å². The minimum Gasteiger partial charge on any atom is -0.312 e. The van der Waals surface area contributed by atoms with Crippen LogP contribution in [0.5, 0.6) is 0 Å². The molecule has 2 nitrogen and oxygen atoms in total. The summed E-state index contributed by atoms with van der Waals surface area (Å²) in [5.41, 5.74) is 3.47. The molecule has 0 saturated heterocycles. The van der Waals surface area contributed by atoms with Gasteiger partial charge in [0.1, 0.15) is 5.82 Å². The number of aromatic nitrogens is 1. The van der Waals surface area contributed by atoms with Gasteiger partial charge in [0.2, 0.25) is 0 Å². The number of aryl methyl sites for hydroxylation is 1. The molecule has 96 valence electrons. The summed E-state index contributed by atoms with van der Waals surface area (Å²) in [5.74, 6) is -0.259. The highest BCUT2D eigenvalue weighted by Crippen LogP contribution is 2.26. The fraction of sp³-hybridized carbons (Fsp3) is 0.308. The summed E-state index contributed by atoms with van der Waals surface area (Å²) in [7, 11) is 1.87. The van der Waals surface area contributed by atoms with Crippen LogP contribution in [0.25, 0.3) is 0 Å². The first-order chi connectivity index (χ1) is 8.61. The number of hydrogen-bond acceptors (Lipinski definition) is 3. The molecule has 1 aromatic heterocycles. The molecule has 18 heavy (non-hydrogen) atoms. The van der Waals surface area contributed by atoms with Gasteiger partial charge < -0.3 is 5.32 Å². The lowest BCUT2D eigenvalue weighted by Crippen LogP contribution is -2.19. The van der Waals surface area contributed by atoms with Crippen molar-refractivity contribution in [2.24, 2.45) is 0 Å². The van der Waals surface area contributed by atoms with Crippen molar-refractivity contribution in [2.45, 2.75) is 19.4 Å². The van der Waals surface area contributed by atoms with E-state index in [1.807, 2.05) is 19.5 Å². The summed E-state index contributed by atoms with van der Waals surface area (Å²) in [5, 5.41) is 3.63. The average Bonchev–Trinajstić information content (AvgIpc) is 2.75. The second-order valence-electron chi connectivity index (χ2n) is 4.08. The van der Waals surface area contributed by atoms with Crippen molar-refractivity contribution in [1.82, 2.24) is 10.3 Å². The van der Waals surface area contributed by atoms with Gasteiger partial charge in [-0.2, -0.15) is 0 Å². The molecule has 1 atom stereocenters. The van der Waals surface area contributed by atoms with E-state index in [1.165, 1.54) is 6.07 Å². The van der Waals surface area contributed by atoms with Crippen molar-refractivity contribution in [3.05, 3.63) is 50.7 Å². The molecule has 0 aliphatic carbocycles. The molecule has 0 radical (unpaired) electrons. The van der Waals surface area contributed by atoms with Crippen molar-refractivity contribution in [3.63, 3.8) is 0 Å². The number of thiazole rings is 1. The van der Waals surface area contributed by atoms with Crippen molar-refractivity contribution >= 4 is 22.9 Å². The number of benzene rings is 1. The predicted octanol–water partition coefficient (Wildman–Crippen LogP) is 3.75. The summed E-state index contributed by atoms with van der Waals surface area (Å²) in [6.45, 7) is 1.97. The summed E-state index contributed by atoms with van der Waals surface area (Å²) >= 11 is 7.34. The quantitative estimate of drug-likeness (QED) is 0.925. The third-order valence-electron chi connectivity index (χ3n) is 2.89. The van der Waals surface area contributed by atoms with Crippen molar-refractivity contribution < 1.29 is 4.39 Å². The van der Waals surface area contributed by atoms with E-state index in [2.05, 4.69) is 10.3 Å². The van der Waals surface area contributed by atoms with Crippen molar-refractivity contribution in [1.29, 1.82) is 0 Å². The molecule has 2 aromatic rings. The monoisotopic (exact) mass is 284 g/mol. The number of rotatable bonds is 4. The molecule has 2 rings (SSSR count). The van der Waals surface area contributed by atoms with E-state index in [-0.39, 0.29) is 11.9 Å². The first-order valence-electron chi connectivity index (χ1n) is 5.63. The van der Waals surface area contributed by atoms with Crippen LogP contribution in [0.1, 0.15) is 22.2 Å². The Morgan fingerprint density at radius 1 is 1.50 bits per heavy atom. The van der Waals surface area contributed by atoms with Gasteiger partial charge in [-0.3, -0.25) is 0 Å². The lowest BCUT2D eigenvalue weighted by molar-refractivity contribution is 0.558. The van der Waals surface area contributed by atoms with Crippen LogP contribution in [-0.2, 0) is 6.42 Å². The summed E-state index contributed by atoms with van der Waals surface area (Å²) < 4.78 is 13.8. The van der Waals surface area contributed by atoms with Crippen molar-refractivity contribution in [2.75, 3.05) is 7.05 Å². The van der Waals surface area contributed by atoms with Gasteiger partial charge in [-0.1, -0.05) is 17.7 Å². The van der Waals surface area contributed by atoms with Crippen LogP contribution >= 0.6 is 22.9 Å². The van der Waals surface area contributed by atoms with Crippen LogP contribution in [0.2, 0.25) is 5.02 Å².